The molecule has 1 fully saturated rings. The molecule has 0 aromatic carbocycles. The molecule has 4 heteroatoms. The lowest BCUT2D eigenvalue weighted by Gasteiger charge is -2.08. The predicted octanol–water partition coefficient (Wildman–Crippen LogP) is 2.07. The molecule has 1 N–H and O–H groups in total. The van der Waals surface area contributed by atoms with Crippen LogP contribution < -0.4 is 0 Å². The van der Waals surface area contributed by atoms with Gasteiger partial charge in [-0.1, -0.05) is 12.8 Å². The normalized spacial score (nSPS) is 17.8. The first kappa shape index (κ1) is 8.29. The summed E-state index contributed by atoms with van der Waals surface area (Å²) in [5.41, 5.74) is 0.852. The van der Waals surface area contributed by atoms with E-state index >= 15 is 0 Å². The van der Waals surface area contributed by atoms with Gasteiger partial charge in [-0.2, -0.15) is 9.78 Å². The minimum atomic E-state index is -0.980. The topological polar surface area (TPSA) is 55.1 Å². The molecule has 0 aliphatic heterocycles. The third kappa shape index (κ3) is 1.43. The summed E-state index contributed by atoms with van der Waals surface area (Å²) in [6.45, 7) is 0. The monoisotopic (exact) mass is 180 g/mol. The molecule has 0 amide bonds. The van der Waals surface area contributed by atoms with E-state index in [-0.39, 0.29) is 0 Å². The van der Waals surface area contributed by atoms with E-state index in [1.807, 2.05) is 6.07 Å². The van der Waals surface area contributed by atoms with Crippen molar-refractivity contribution >= 4 is 6.09 Å². The maximum Gasteiger partial charge on any atom is 0.432 e. The van der Waals surface area contributed by atoms with Gasteiger partial charge < -0.3 is 5.11 Å². The first-order valence-electron chi connectivity index (χ1n) is 4.56. The fraction of sp³-hybridized carbons (Fsp3) is 0.556. The zero-order chi connectivity index (χ0) is 9.26. The van der Waals surface area contributed by atoms with Crippen LogP contribution in [0.5, 0.6) is 0 Å². The molecule has 4 nitrogen and oxygen atoms in total. The summed E-state index contributed by atoms with van der Waals surface area (Å²) in [6.07, 6.45) is 5.18. The van der Waals surface area contributed by atoms with Crippen molar-refractivity contribution in [3.63, 3.8) is 0 Å². The van der Waals surface area contributed by atoms with Crippen molar-refractivity contribution in [1.29, 1.82) is 0 Å². The molecule has 2 rings (SSSR count). The van der Waals surface area contributed by atoms with Crippen LogP contribution in [0, 0.1) is 0 Å². The van der Waals surface area contributed by atoms with Crippen molar-refractivity contribution in [3.8, 4) is 0 Å². The van der Waals surface area contributed by atoms with Crippen molar-refractivity contribution in [3.05, 3.63) is 18.0 Å². The highest BCUT2D eigenvalue weighted by atomic mass is 16.4. The molecule has 0 saturated heterocycles. The molecule has 1 aromatic heterocycles. The van der Waals surface area contributed by atoms with Crippen molar-refractivity contribution in [1.82, 2.24) is 9.78 Å². The highest BCUT2D eigenvalue weighted by Crippen LogP contribution is 2.33. The zero-order valence-corrected chi connectivity index (χ0v) is 7.31. The summed E-state index contributed by atoms with van der Waals surface area (Å²) in [4.78, 5) is 10.7. The van der Waals surface area contributed by atoms with E-state index in [0.717, 1.165) is 23.2 Å². The summed E-state index contributed by atoms with van der Waals surface area (Å²) in [7, 11) is 0. The maximum atomic E-state index is 10.7. The van der Waals surface area contributed by atoms with E-state index < -0.39 is 6.09 Å². The van der Waals surface area contributed by atoms with E-state index in [4.69, 9.17) is 5.11 Å². The average Bonchev–Trinajstić information content (AvgIpc) is 2.74. The van der Waals surface area contributed by atoms with Crippen molar-refractivity contribution in [2.75, 3.05) is 0 Å². The summed E-state index contributed by atoms with van der Waals surface area (Å²) in [5.74, 6) is 0.401. The molecule has 1 aliphatic rings. The summed E-state index contributed by atoms with van der Waals surface area (Å²) >= 11 is 0. The molecule has 1 heterocycles. The Hall–Kier alpha value is -1.32. The molecule has 13 heavy (non-hydrogen) atoms. The first-order valence-corrected chi connectivity index (χ1v) is 4.56. The van der Waals surface area contributed by atoms with Crippen LogP contribution in [0.1, 0.15) is 37.3 Å². The maximum absolute atomic E-state index is 10.7. The van der Waals surface area contributed by atoms with Gasteiger partial charge in [-0.05, 0) is 18.9 Å². The molecular weight excluding hydrogens is 168 g/mol. The van der Waals surface area contributed by atoms with Gasteiger partial charge in [0, 0.05) is 12.1 Å². The Bertz CT molecular complexity index is 313. The number of nitrogens with zero attached hydrogens (tertiary/aromatic N) is 2. The Morgan fingerprint density at radius 1 is 1.54 bits per heavy atom. The van der Waals surface area contributed by atoms with Crippen LogP contribution in [0.25, 0.3) is 0 Å². The molecule has 0 atom stereocenters. The Labute approximate surface area is 76.2 Å². The molecule has 70 valence electrons. The molecule has 0 bridgehead atoms. The van der Waals surface area contributed by atoms with Gasteiger partial charge in [0.15, 0.2) is 0 Å². The SMILES string of the molecule is O=C(O)n1nccc1C1CCCC1. The standard InChI is InChI=1S/C9H12N2O2/c12-9(13)11-8(5-6-10-11)7-3-1-2-4-7/h5-7H,1-4H2,(H,12,13). The number of rotatable bonds is 1. The lowest BCUT2D eigenvalue weighted by atomic mass is 10.0. The predicted molar refractivity (Wildman–Crippen MR) is 46.9 cm³/mol. The molecule has 0 unspecified atom stereocenters. The third-order valence-electron chi connectivity index (χ3n) is 2.63. The molecular formula is C9H12N2O2. The van der Waals surface area contributed by atoms with Gasteiger partial charge >= 0.3 is 6.09 Å². The fourth-order valence-electron chi connectivity index (χ4n) is 2.00. The minimum Gasteiger partial charge on any atom is -0.463 e. The van der Waals surface area contributed by atoms with Gasteiger partial charge in [-0.25, -0.2) is 4.79 Å². The fourth-order valence-corrected chi connectivity index (χ4v) is 2.00. The van der Waals surface area contributed by atoms with Gasteiger partial charge in [-0.3, -0.25) is 0 Å². The van der Waals surface area contributed by atoms with Crippen LogP contribution in [-0.2, 0) is 0 Å². The second-order valence-electron chi connectivity index (χ2n) is 3.43. The number of hydrogen-bond donors (Lipinski definition) is 1. The van der Waals surface area contributed by atoms with E-state index in [0.29, 0.717) is 5.92 Å². The number of hydrogen-bond acceptors (Lipinski definition) is 2. The van der Waals surface area contributed by atoms with Gasteiger partial charge in [0.1, 0.15) is 0 Å². The molecule has 1 aromatic rings. The Morgan fingerprint density at radius 2 is 2.23 bits per heavy atom. The van der Waals surface area contributed by atoms with Gasteiger partial charge in [0.05, 0.1) is 5.69 Å². The minimum absolute atomic E-state index is 0.401. The Morgan fingerprint density at radius 3 is 2.85 bits per heavy atom. The van der Waals surface area contributed by atoms with Crippen LogP contribution >= 0.6 is 0 Å². The highest BCUT2D eigenvalue weighted by molar-refractivity contribution is 5.67. The summed E-state index contributed by atoms with van der Waals surface area (Å²) < 4.78 is 1.09. The van der Waals surface area contributed by atoms with Crippen LogP contribution in [0.2, 0.25) is 0 Å². The van der Waals surface area contributed by atoms with E-state index in [1.54, 1.807) is 6.20 Å². The number of carbonyl (C=O) groups is 1. The van der Waals surface area contributed by atoms with Crippen molar-refractivity contribution in [2.24, 2.45) is 0 Å². The molecule has 0 radical (unpaired) electrons. The van der Waals surface area contributed by atoms with Crippen LogP contribution in [-0.4, -0.2) is 21.0 Å². The van der Waals surface area contributed by atoms with Crippen LogP contribution in [0.3, 0.4) is 0 Å². The van der Waals surface area contributed by atoms with E-state index in [2.05, 4.69) is 5.10 Å². The largest absolute Gasteiger partial charge is 0.463 e. The van der Waals surface area contributed by atoms with Crippen molar-refractivity contribution in [2.45, 2.75) is 31.6 Å². The average molecular weight is 180 g/mol. The van der Waals surface area contributed by atoms with Gasteiger partial charge in [-0.15, -0.1) is 0 Å². The number of aromatic nitrogens is 2. The molecule has 0 spiro atoms. The van der Waals surface area contributed by atoms with Crippen molar-refractivity contribution < 1.29 is 9.90 Å². The quantitative estimate of drug-likeness (QED) is 0.719. The first-order chi connectivity index (χ1) is 6.29. The lowest BCUT2D eigenvalue weighted by Crippen LogP contribution is -2.14. The van der Waals surface area contributed by atoms with Crippen LogP contribution in [0.4, 0.5) is 4.79 Å². The number of carboxylic acid groups (broad SMARTS) is 1. The van der Waals surface area contributed by atoms with Crippen LogP contribution in [0.15, 0.2) is 12.3 Å². The lowest BCUT2D eigenvalue weighted by molar-refractivity contribution is 0.191. The van der Waals surface area contributed by atoms with E-state index in [9.17, 15) is 4.79 Å². The van der Waals surface area contributed by atoms with E-state index in [1.165, 1.54) is 12.8 Å². The summed E-state index contributed by atoms with van der Waals surface area (Å²) in [5, 5.41) is 12.6. The van der Waals surface area contributed by atoms with Gasteiger partial charge in [0.25, 0.3) is 0 Å². The Balaban J connectivity index is 2.28. The molecule has 1 saturated carbocycles. The summed E-state index contributed by atoms with van der Waals surface area (Å²) in [6, 6.07) is 1.81. The highest BCUT2D eigenvalue weighted by Gasteiger charge is 2.22. The zero-order valence-electron chi connectivity index (χ0n) is 7.31. The second-order valence-corrected chi connectivity index (χ2v) is 3.43. The Kier molecular flexibility index (Phi) is 2.04. The third-order valence-corrected chi connectivity index (χ3v) is 2.63. The molecule has 1 aliphatic carbocycles. The van der Waals surface area contributed by atoms with Gasteiger partial charge in [0.2, 0.25) is 0 Å². The second kappa shape index (κ2) is 3.20. The smallest absolute Gasteiger partial charge is 0.432 e.